The molecule has 0 unspecified atom stereocenters. The van der Waals surface area contributed by atoms with Gasteiger partial charge in [0.05, 0.1) is 12.1 Å². The lowest BCUT2D eigenvalue weighted by Gasteiger charge is -2.24. The number of nitrogens with two attached hydrogens (primary N) is 1. The van der Waals surface area contributed by atoms with E-state index in [1.54, 1.807) is 17.9 Å². The van der Waals surface area contributed by atoms with Crippen LogP contribution in [0.3, 0.4) is 0 Å². The molecule has 0 spiro atoms. The maximum atomic E-state index is 14.0. The zero-order valence-corrected chi connectivity index (χ0v) is 12.5. The molecule has 0 bridgehead atoms. The Bertz CT molecular complexity index is 611. The van der Waals surface area contributed by atoms with E-state index in [0.29, 0.717) is 30.2 Å². The van der Waals surface area contributed by atoms with Crippen molar-refractivity contribution < 1.29 is 9.13 Å². The Kier molecular flexibility index (Phi) is 4.52. The lowest BCUT2D eigenvalue weighted by molar-refractivity contribution is 0.140. The molecule has 0 fully saturated rings. The van der Waals surface area contributed by atoms with Crippen LogP contribution in [0.2, 0.25) is 0 Å². The van der Waals surface area contributed by atoms with Crippen molar-refractivity contribution in [1.29, 1.82) is 0 Å². The van der Waals surface area contributed by atoms with E-state index in [0.717, 1.165) is 6.42 Å². The van der Waals surface area contributed by atoms with Crippen molar-refractivity contribution in [2.75, 3.05) is 19.5 Å². The minimum Gasteiger partial charge on any atom is -0.399 e. The summed E-state index contributed by atoms with van der Waals surface area (Å²) in [7, 11) is 1.67. The molecule has 0 aliphatic rings. The quantitative estimate of drug-likeness (QED) is 0.825. The topological polar surface area (TPSA) is 78.8 Å². The first kappa shape index (κ1) is 15.4. The van der Waals surface area contributed by atoms with Crippen LogP contribution >= 0.6 is 0 Å². The average Bonchev–Trinajstić information content (AvgIpc) is 2.86. The van der Waals surface area contributed by atoms with E-state index < -0.39 is 5.82 Å². The Morgan fingerprint density at radius 1 is 1.38 bits per heavy atom. The molecular formula is C14H20FN5O. The van der Waals surface area contributed by atoms with E-state index in [-0.39, 0.29) is 5.41 Å². The van der Waals surface area contributed by atoms with Gasteiger partial charge in [-0.3, -0.25) is 0 Å². The maximum Gasteiger partial charge on any atom is 0.185 e. The highest BCUT2D eigenvalue weighted by molar-refractivity contribution is 5.61. The monoisotopic (exact) mass is 293 g/mol. The summed E-state index contributed by atoms with van der Waals surface area (Å²) in [5, 5.41) is 11.5. The number of hydrogen-bond acceptors (Lipinski definition) is 5. The summed E-state index contributed by atoms with van der Waals surface area (Å²) in [6.07, 6.45) is 0.849. The lowest BCUT2D eigenvalue weighted by atomic mass is 9.89. The van der Waals surface area contributed by atoms with Crippen LogP contribution in [-0.2, 0) is 11.3 Å². The van der Waals surface area contributed by atoms with Crippen molar-refractivity contribution in [3.8, 4) is 11.4 Å². The Hall–Kier alpha value is -2.02. The third kappa shape index (κ3) is 3.75. The van der Waals surface area contributed by atoms with Gasteiger partial charge in [-0.05, 0) is 40.5 Å². The first-order valence-electron chi connectivity index (χ1n) is 6.73. The highest BCUT2D eigenvalue weighted by Gasteiger charge is 2.22. The summed E-state index contributed by atoms with van der Waals surface area (Å²) >= 11 is 0. The molecule has 0 aliphatic carbocycles. The number of rotatable bonds is 6. The predicted octanol–water partition coefficient (Wildman–Crippen LogP) is 2.12. The van der Waals surface area contributed by atoms with Gasteiger partial charge in [0.15, 0.2) is 5.82 Å². The standard InChI is InChI=1S/C14H20FN5O/c1-14(2,6-7-21-3)9-20-13(17-18-19-20)11-8-10(16)4-5-12(11)15/h4-5,8H,6-7,9,16H2,1-3H3. The number of benzene rings is 1. The molecular weight excluding hydrogens is 273 g/mol. The summed E-state index contributed by atoms with van der Waals surface area (Å²) in [4.78, 5) is 0. The van der Waals surface area contributed by atoms with E-state index in [4.69, 9.17) is 10.5 Å². The van der Waals surface area contributed by atoms with Gasteiger partial charge in [-0.15, -0.1) is 5.10 Å². The fraction of sp³-hybridized carbons (Fsp3) is 0.500. The lowest BCUT2D eigenvalue weighted by Crippen LogP contribution is -2.23. The zero-order chi connectivity index (χ0) is 15.5. The van der Waals surface area contributed by atoms with Gasteiger partial charge >= 0.3 is 0 Å². The highest BCUT2D eigenvalue weighted by Crippen LogP contribution is 2.27. The molecule has 6 nitrogen and oxygen atoms in total. The Balaban J connectivity index is 2.28. The van der Waals surface area contributed by atoms with Gasteiger partial charge in [0.25, 0.3) is 0 Å². The SMILES string of the molecule is COCCC(C)(C)Cn1nnnc1-c1cc(N)ccc1F. The van der Waals surface area contributed by atoms with Gasteiger partial charge in [-0.25, -0.2) is 9.07 Å². The summed E-state index contributed by atoms with van der Waals surface area (Å²) < 4.78 is 20.7. The molecule has 1 aromatic carbocycles. The number of nitrogens with zero attached hydrogens (tertiary/aromatic N) is 4. The maximum absolute atomic E-state index is 14.0. The smallest absolute Gasteiger partial charge is 0.185 e. The van der Waals surface area contributed by atoms with Crippen LogP contribution in [0.1, 0.15) is 20.3 Å². The summed E-state index contributed by atoms with van der Waals surface area (Å²) in [5.41, 5.74) is 6.42. The van der Waals surface area contributed by atoms with E-state index in [2.05, 4.69) is 29.4 Å². The predicted molar refractivity (Wildman–Crippen MR) is 77.9 cm³/mol. The van der Waals surface area contributed by atoms with Crippen LogP contribution in [0.25, 0.3) is 11.4 Å². The van der Waals surface area contributed by atoms with Crippen molar-refractivity contribution in [2.24, 2.45) is 5.41 Å². The number of anilines is 1. The molecule has 0 saturated heterocycles. The first-order chi connectivity index (χ1) is 9.93. The molecule has 21 heavy (non-hydrogen) atoms. The van der Waals surface area contributed by atoms with Crippen LogP contribution in [0, 0.1) is 11.2 Å². The van der Waals surface area contributed by atoms with Crippen molar-refractivity contribution in [2.45, 2.75) is 26.8 Å². The number of tetrazole rings is 1. The number of aromatic nitrogens is 4. The van der Waals surface area contributed by atoms with Crippen molar-refractivity contribution >= 4 is 5.69 Å². The van der Waals surface area contributed by atoms with Gasteiger partial charge in [0.1, 0.15) is 5.82 Å². The highest BCUT2D eigenvalue weighted by atomic mass is 19.1. The number of nitrogen functional groups attached to an aromatic ring is 1. The fourth-order valence-electron chi connectivity index (χ4n) is 2.08. The van der Waals surface area contributed by atoms with Gasteiger partial charge in [-0.1, -0.05) is 13.8 Å². The number of hydrogen-bond donors (Lipinski definition) is 1. The molecule has 1 aromatic heterocycles. The van der Waals surface area contributed by atoms with Crippen LogP contribution in [-0.4, -0.2) is 33.9 Å². The molecule has 2 rings (SSSR count). The Morgan fingerprint density at radius 2 is 2.14 bits per heavy atom. The third-order valence-corrected chi connectivity index (χ3v) is 3.32. The fourth-order valence-corrected chi connectivity index (χ4v) is 2.08. The Labute approximate surface area is 123 Å². The molecule has 114 valence electrons. The Morgan fingerprint density at radius 3 is 2.86 bits per heavy atom. The van der Waals surface area contributed by atoms with E-state index in [9.17, 15) is 4.39 Å². The summed E-state index contributed by atoms with van der Waals surface area (Å²) in [6.45, 7) is 5.39. The second-order valence-corrected chi connectivity index (χ2v) is 5.81. The molecule has 0 amide bonds. The van der Waals surface area contributed by atoms with E-state index in [1.807, 2.05) is 0 Å². The largest absolute Gasteiger partial charge is 0.399 e. The van der Waals surface area contributed by atoms with Crippen molar-refractivity contribution in [3.63, 3.8) is 0 Å². The molecule has 0 aliphatic heterocycles. The minimum atomic E-state index is -0.394. The van der Waals surface area contributed by atoms with Gasteiger partial charge in [0.2, 0.25) is 0 Å². The van der Waals surface area contributed by atoms with Crippen LogP contribution in [0.5, 0.6) is 0 Å². The number of methoxy groups -OCH3 is 1. The zero-order valence-electron chi connectivity index (χ0n) is 12.5. The second kappa shape index (κ2) is 6.17. The minimum absolute atomic E-state index is 0.0725. The molecule has 1 heterocycles. The molecule has 2 N–H and O–H groups in total. The van der Waals surface area contributed by atoms with E-state index in [1.165, 1.54) is 12.1 Å². The number of halogens is 1. The number of ether oxygens (including phenoxy) is 1. The molecule has 0 radical (unpaired) electrons. The first-order valence-corrected chi connectivity index (χ1v) is 6.73. The normalized spacial score (nSPS) is 11.8. The van der Waals surface area contributed by atoms with Crippen molar-refractivity contribution in [1.82, 2.24) is 20.2 Å². The molecule has 0 saturated carbocycles. The van der Waals surface area contributed by atoms with Gasteiger partial charge < -0.3 is 10.5 Å². The third-order valence-electron chi connectivity index (χ3n) is 3.32. The summed E-state index contributed by atoms with van der Waals surface area (Å²) in [5.74, 6) is -0.0137. The molecule has 2 aromatic rings. The van der Waals surface area contributed by atoms with Crippen LogP contribution in [0.4, 0.5) is 10.1 Å². The van der Waals surface area contributed by atoms with E-state index >= 15 is 0 Å². The van der Waals surface area contributed by atoms with Crippen LogP contribution in [0.15, 0.2) is 18.2 Å². The second-order valence-electron chi connectivity index (χ2n) is 5.81. The molecule has 7 heteroatoms. The van der Waals surface area contributed by atoms with Gasteiger partial charge in [-0.2, -0.15) is 0 Å². The van der Waals surface area contributed by atoms with Crippen molar-refractivity contribution in [3.05, 3.63) is 24.0 Å². The molecule has 0 atom stereocenters. The van der Waals surface area contributed by atoms with Gasteiger partial charge in [0, 0.05) is 19.4 Å². The van der Waals surface area contributed by atoms with Crippen LogP contribution < -0.4 is 5.73 Å². The summed E-state index contributed by atoms with van der Waals surface area (Å²) in [6, 6.07) is 4.37. The average molecular weight is 293 g/mol.